The third kappa shape index (κ3) is 6.00. The molecule has 0 heterocycles. The van der Waals surface area contributed by atoms with Crippen molar-refractivity contribution in [2.45, 2.75) is 30.6 Å². The molecule has 0 aliphatic heterocycles. The van der Waals surface area contributed by atoms with Crippen LogP contribution in [0.3, 0.4) is 0 Å². The molecule has 0 saturated heterocycles. The second kappa shape index (κ2) is 7.94. The lowest BCUT2D eigenvalue weighted by Gasteiger charge is -2.02. The molecule has 0 saturated carbocycles. The Bertz CT molecular complexity index is 259. The molecule has 0 bridgehead atoms. The first-order valence-electron chi connectivity index (χ1n) is 5.42. The first-order valence-corrected chi connectivity index (χ1v) is 7.04. The van der Waals surface area contributed by atoms with Gasteiger partial charge in [0.1, 0.15) is 0 Å². The molecule has 0 radical (unpaired) electrons. The Hall–Kier alpha value is -0.280. The molecule has 0 spiro atoms. The number of rotatable bonds is 7. The molecule has 0 aliphatic rings. The lowest BCUT2D eigenvalue weighted by atomic mass is 10.2. The minimum absolute atomic E-state index is 0.841. The Morgan fingerprint density at radius 3 is 2.33 bits per heavy atom. The van der Waals surface area contributed by atoms with Crippen LogP contribution in [0.4, 0.5) is 5.69 Å². The van der Waals surface area contributed by atoms with E-state index in [4.69, 9.17) is 5.73 Å². The molecule has 0 aliphatic carbocycles. The average Bonchev–Trinajstić information content (AvgIpc) is 2.26. The van der Waals surface area contributed by atoms with E-state index < -0.39 is 0 Å². The number of benzene rings is 1. The second-order valence-corrected chi connectivity index (χ2v) is 5.17. The summed E-state index contributed by atoms with van der Waals surface area (Å²) in [5.41, 5.74) is 6.46. The topological polar surface area (TPSA) is 26.0 Å². The summed E-state index contributed by atoms with van der Waals surface area (Å²) in [4.78, 5) is 1.32. The van der Waals surface area contributed by atoms with Gasteiger partial charge in [-0.15, -0.1) is 11.8 Å². The van der Waals surface area contributed by atoms with Crippen LogP contribution >= 0.6 is 24.4 Å². The molecule has 84 valence electrons. The van der Waals surface area contributed by atoms with E-state index in [0.29, 0.717) is 0 Å². The number of hydrogen-bond donors (Lipinski definition) is 2. The van der Waals surface area contributed by atoms with E-state index in [1.807, 2.05) is 23.9 Å². The molecule has 0 fully saturated rings. The Balaban J connectivity index is 2.07. The Kier molecular flexibility index (Phi) is 6.77. The molecule has 3 heteroatoms. The number of anilines is 1. The molecular weight excluding hydrogens is 222 g/mol. The van der Waals surface area contributed by atoms with Crippen LogP contribution in [0, 0.1) is 0 Å². The standard InChI is InChI=1S/C12H19NS2/c13-11-5-7-12(8-6-11)15-10-4-2-1-3-9-14/h5-8,14H,1-4,9-10,13H2. The van der Waals surface area contributed by atoms with Crippen LogP contribution in [0.5, 0.6) is 0 Å². The lowest BCUT2D eigenvalue weighted by molar-refractivity contribution is 0.712. The van der Waals surface area contributed by atoms with Gasteiger partial charge in [-0.25, -0.2) is 0 Å². The van der Waals surface area contributed by atoms with Crippen molar-refractivity contribution in [2.24, 2.45) is 0 Å². The summed E-state index contributed by atoms with van der Waals surface area (Å²) in [6.07, 6.45) is 5.17. The predicted molar refractivity (Wildman–Crippen MR) is 73.9 cm³/mol. The largest absolute Gasteiger partial charge is 0.399 e. The highest BCUT2D eigenvalue weighted by atomic mass is 32.2. The van der Waals surface area contributed by atoms with E-state index in [0.717, 1.165) is 11.4 Å². The van der Waals surface area contributed by atoms with Crippen molar-refractivity contribution in [1.29, 1.82) is 0 Å². The first kappa shape index (κ1) is 12.8. The average molecular weight is 241 g/mol. The number of thioether (sulfide) groups is 1. The van der Waals surface area contributed by atoms with E-state index in [9.17, 15) is 0 Å². The molecule has 0 unspecified atom stereocenters. The molecule has 1 rings (SSSR count). The van der Waals surface area contributed by atoms with Gasteiger partial charge >= 0.3 is 0 Å². The third-order valence-electron chi connectivity index (χ3n) is 2.20. The summed E-state index contributed by atoms with van der Waals surface area (Å²) in [6, 6.07) is 8.11. The van der Waals surface area contributed by atoms with Gasteiger partial charge in [0.15, 0.2) is 0 Å². The van der Waals surface area contributed by atoms with Crippen LogP contribution in [-0.4, -0.2) is 11.5 Å². The van der Waals surface area contributed by atoms with Crippen LogP contribution in [0.2, 0.25) is 0 Å². The summed E-state index contributed by atoms with van der Waals surface area (Å²) in [5.74, 6) is 2.22. The maximum atomic E-state index is 5.62. The van der Waals surface area contributed by atoms with Crippen molar-refractivity contribution in [3.8, 4) is 0 Å². The van der Waals surface area contributed by atoms with Crippen LogP contribution in [0.25, 0.3) is 0 Å². The maximum absolute atomic E-state index is 5.62. The fourth-order valence-corrected chi connectivity index (χ4v) is 2.46. The lowest BCUT2D eigenvalue weighted by Crippen LogP contribution is -1.85. The first-order chi connectivity index (χ1) is 7.33. The molecule has 15 heavy (non-hydrogen) atoms. The number of nitrogens with two attached hydrogens (primary N) is 1. The Morgan fingerprint density at radius 2 is 1.67 bits per heavy atom. The fraction of sp³-hybridized carbons (Fsp3) is 0.500. The minimum Gasteiger partial charge on any atom is -0.399 e. The normalized spacial score (nSPS) is 10.5. The molecule has 1 aromatic carbocycles. The van der Waals surface area contributed by atoms with Gasteiger partial charge in [0.25, 0.3) is 0 Å². The monoisotopic (exact) mass is 241 g/mol. The van der Waals surface area contributed by atoms with Gasteiger partial charge in [-0.05, 0) is 48.6 Å². The summed E-state index contributed by atoms with van der Waals surface area (Å²) < 4.78 is 0. The van der Waals surface area contributed by atoms with Crippen molar-refractivity contribution in [3.63, 3.8) is 0 Å². The van der Waals surface area contributed by atoms with Crippen molar-refractivity contribution >= 4 is 30.1 Å². The number of thiol groups is 1. The minimum atomic E-state index is 0.841. The highest BCUT2D eigenvalue weighted by molar-refractivity contribution is 7.99. The molecule has 2 N–H and O–H groups in total. The van der Waals surface area contributed by atoms with Gasteiger partial charge in [-0.3, -0.25) is 0 Å². The molecule has 0 atom stereocenters. The van der Waals surface area contributed by atoms with Gasteiger partial charge in [0, 0.05) is 10.6 Å². The summed E-state index contributed by atoms with van der Waals surface area (Å²) in [5, 5.41) is 0. The zero-order valence-corrected chi connectivity index (χ0v) is 10.7. The van der Waals surface area contributed by atoms with Crippen LogP contribution < -0.4 is 5.73 Å². The number of unbranched alkanes of at least 4 members (excludes halogenated alkanes) is 3. The summed E-state index contributed by atoms with van der Waals surface area (Å²) >= 11 is 6.11. The molecule has 1 aromatic rings. The van der Waals surface area contributed by atoms with E-state index in [-0.39, 0.29) is 0 Å². The number of nitrogen functional groups attached to an aromatic ring is 1. The summed E-state index contributed by atoms with van der Waals surface area (Å²) in [7, 11) is 0. The smallest absolute Gasteiger partial charge is 0.0314 e. The van der Waals surface area contributed by atoms with Crippen LogP contribution in [0.15, 0.2) is 29.2 Å². The molecule has 1 nitrogen and oxygen atoms in total. The Labute approximate surface area is 102 Å². The van der Waals surface area contributed by atoms with Crippen LogP contribution in [-0.2, 0) is 0 Å². The van der Waals surface area contributed by atoms with E-state index >= 15 is 0 Å². The quantitative estimate of drug-likeness (QED) is 0.328. The van der Waals surface area contributed by atoms with Gasteiger partial charge in [-0.1, -0.05) is 12.8 Å². The molecule has 0 amide bonds. The third-order valence-corrected chi connectivity index (χ3v) is 3.62. The zero-order valence-electron chi connectivity index (χ0n) is 8.98. The van der Waals surface area contributed by atoms with Gasteiger partial charge < -0.3 is 5.73 Å². The predicted octanol–water partition coefficient (Wildman–Crippen LogP) is 3.85. The zero-order chi connectivity index (χ0) is 10.9. The second-order valence-electron chi connectivity index (χ2n) is 3.56. The van der Waals surface area contributed by atoms with E-state index in [1.54, 1.807) is 0 Å². The van der Waals surface area contributed by atoms with E-state index in [2.05, 4.69) is 24.8 Å². The van der Waals surface area contributed by atoms with Crippen molar-refractivity contribution in [1.82, 2.24) is 0 Å². The van der Waals surface area contributed by atoms with E-state index in [1.165, 1.54) is 36.3 Å². The van der Waals surface area contributed by atoms with Crippen molar-refractivity contribution < 1.29 is 0 Å². The van der Waals surface area contributed by atoms with Crippen LogP contribution in [0.1, 0.15) is 25.7 Å². The SMILES string of the molecule is Nc1ccc(SCCCCCCS)cc1. The van der Waals surface area contributed by atoms with Gasteiger partial charge in [0.05, 0.1) is 0 Å². The summed E-state index contributed by atoms with van der Waals surface area (Å²) in [6.45, 7) is 0. The molecular formula is C12H19NS2. The highest BCUT2D eigenvalue weighted by Gasteiger charge is 1.94. The fourth-order valence-electron chi connectivity index (χ4n) is 1.32. The van der Waals surface area contributed by atoms with Crippen molar-refractivity contribution in [3.05, 3.63) is 24.3 Å². The van der Waals surface area contributed by atoms with Crippen molar-refractivity contribution in [2.75, 3.05) is 17.2 Å². The van der Waals surface area contributed by atoms with Gasteiger partial charge in [0.2, 0.25) is 0 Å². The van der Waals surface area contributed by atoms with Gasteiger partial charge in [-0.2, -0.15) is 12.6 Å². The highest BCUT2D eigenvalue weighted by Crippen LogP contribution is 2.20. The molecule has 0 aromatic heterocycles. The Morgan fingerprint density at radius 1 is 1.00 bits per heavy atom. The number of hydrogen-bond acceptors (Lipinski definition) is 3. The maximum Gasteiger partial charge on any atom is 0.0314 e.